The molecule has 0 aliphatic carbocycles. The monoisotopic (exact) mass is 691 g/mol. The molecule has 10 rings (SSSR count). The topological polar surface area (TPSA) is 65.0 Å². The van der Waals surface area contributed by atoms with Gasteiger partial charge in [0, 0.05) is 43.8 Å². The van der Waals surface area contributed by atoms with Gasteiger partial charge in [-0.25, -0.2) is 15.0 Å². The molecule has 0 N–H and O–H groups in total. The van der Waals surface area contributed by atoms with E-state index in [1.165, 1.54) is 0 Å². The number of benzene rings is 7. The number of fused-ring (bicyclic) bond motifs is 6. The standard InChI is InChI=1S/C45H22B5N3O2/c46-37-34(38(47)40(49)41(50)39(37)48)24-12-6-13-25(22-24)44-51-43(23-10-2-1-3-11-23)52-45(53-44)30-18-9-21-33-36(30)35-27(15-8-20-32(35)54-33)29-17-7-16-28-26-14-4-5-19-31(26)55-42(28)29/h1-22H. The Morgan fingerprint density at radius 1 is 0.364 bits per heavy atom. The van der Waals surface area contributed by atoms with Gasteiger partial charge in [-0.3, -0.25) is 0 Å². The maximum absolute atomic E-state index is 6.54. The van der Waals surface area contributed by atoms with Gasteiger partial charge >= 0.3 is 0 Å². The number of hydrogen-bond acceptors (Lipinski definition) is 5. The van der Waals surface area contributed by atoms with Crippen LogP contribution in [0.1, 0.15) is 0 Å². The van der Waals surface area contributed by atoms with Crippen LogP contribution in [0, 0.1) is 0 Å². The number of furan rings is 2. The van der Waals surface area contributed by atoms with Crippen molar-refractivity contribution in [1.82, 2.24) is 15.0 Å². The quantitative estimate of drug-likeness (QED) is 0.208. The van der Waals surface area contributed by atoms with Crippen LogP contribution >= 0.6 is 0 Å². The summed E-state index contributed by atoms with van der Waals surface area (Å²) in [5.74, 6) is 1.42. The maximum atomic E-state index is 6.54. The minimum Gasteiger partial charge on any atom is -0.456 e. The third-order valence-electron chi connectivity index (χ3n) is 10.2. The highest BCUT2D eigenvalue weighted by atomic mass is 16.3. The molecule has 10 aromatic rings. The van der Waals surface area contributed by atoms with Crippen LogP contribution in [-0.2, 0) is 0 Å². The largest absolute Gasteiger partial charge is 0.456 e. The fourth-order valence-corrected chi connectivity index (χ4v) is 7.55. The molecule has 244 valence electrons. The first kappa shape index (κ1) is 33.1. The fourth-order valence-electron chi connectivity index (χ4n) is 7.55. The first-order valence-corrected chi connectivity index (χ1v) is 17.6. The minimum atomic E-state index is 0.155. The second kappa shape index (κ2) is 12.8. The molecule has 0 bridgehead atoms. The van der Waals surface area contributed by atoms with Crippen LogP contribution in [0.2, 0.25) is 0 Å². The zero-order valence-corrected chi connectivity index (χ0v) is 29.2. The van der Waals surface area contributed by atoms with Crippen LogP contribution in [0.25, 0.3) is 100 Å². The molecule has 0 fully saturated rings. The summed E-state index contributed by atoms with van der Waals surface area (Å²) in [4.78, 5) is 15.2. The van der Waals surface area contributed by atoms with Crippen LogP contribution in [0.15, 0.2) is 142 Å². The number of hydrogen-bond donors (Lipinski definition) is 0. The van der Waals surface area contributed by atoms with E-state index in [0.717, 1.165) is 60.5 Å². The Balaban J connectivity index is 1.21. The van der Waals surface area contributed by atoms with Crippen LogP contribution < -0.4 is 27.3 Å². The van der Waals surface area contributed by atoms with Crippen LogP contribution in [0.3, 0.4) is 0 Å². The molecule has 3 heterocycles. The number of rotatable bonds is 5. The van der Waals surface area contributed by atoms with Crippen molar-refractivity contribution in [2.24, 2.45) is 0 Å². The molecule has 0 unspecified atom stereocenters. The normalized spacial score (nSPS) is 11.6. The zero-order chi connectivity index (χ0) is 37.4. The van der Waals surface area contributed by atoms with Gasteiger partial charge in [0.2, 0.25) is 0 Å². The molecular formula is C45H22B5N3O2. The van der Waals surface area contributed by atoms with E-state index in [-0.39, 0.29) is 27.3 Å². The Morgan fingerprint density at radius 2 is 0.873 bits per heavy atom. The van der Waals surface area contributed by atoms with Gasteiger partial charge in [0.05, 0.1) is 0 Å². The summed E-state index contributed by atoms with van der Waals surface area (Å²) in [5, 5.41) is 3.91. The lowest BCUT2D eigenvalue weighted by Gasteiger charge is -2.21. The van der Waals surface area contributed by atoms with Gasteiger partial charge < -0.3 is 8.83 Å². The SMILES string of the molecule is [B]c1c([B])c([B])c(-c2cccc(-c3nc(-c4ccccc4)nc(-c4cccc5oc6cccc(-c7cccc8c7oc7ccccc78)c6c45)n3)c2)c([B])c1[B]. The first-order chi connectivity index (χ1) is 26.9. The van der Waals surface area contributed by atoms with E-state index < -0.39 is 0 Å². The Kier molecular flexibility index (Phi) is 7.70. The molecule has 3 aromatic heterocycles. The molecule has 7 aromatic carbocycles. The van der Waals surface area contributed by atoms with Gasteiger partial charge in [-0.1, -0.05) is 120 Å². The van der Waals surface area contributed by atoms with Gasteiger partial charge in [-0.15, -0.1) is 16.4 Å². The Morgan fingerprint density at radius 3 is 1.64 bits per heavy atom. The summed E-state index contributed by atoms with van der Waals surface area (Å²) >= 11 is 0. The van der Waals surface area contributed by atoms with E-state index >= 15 is 0 Å². The van der Waals surface area contributed by atoms with Gasteiger partial charge in [0.15, 0.2) is 17.5 Å². The zero-order valence-electron chi connectivity index (χ0n) is 29.2. The van der Waals surface area contributed by atoms with E-state index in [4.69, 9.17) is 63.0 Å². The van der Waals surface area contributed by atoms with E-state index in [0.29, 0.717) is 39.7 Å². The third-order valence-corrected chi connectivity index (χ3v) is 10.2. The number of nitrogens with zero attached hydrogens (tertiary/aromatic N) is 3. The molecule has 0 saturated carbocycles. The van der Waals surface area contributed by atoms with Crippen LogP contribution in [0.5, 0.6) is 0 Å². The van der Waals surface area contributed by atoms with Crippen LogP contribution in [0.4, 0.5) is 0 Å². The number of para-hydroxylation sites is 2. The van der Waals surface area contributed by atoms with Crippen molar-refractivity contribution in [3.63, 3.8) is 0 Å². The molecule has 0 aliphatic heterocycles. The average molecular weight is 691 g/mol. The Hall–Kier alpha value is -6.53. The van der Waals surface area contributed by atoms with E-state index in [2.05, 4.69) is 30.3 Å². The highest BCUT2D eigenvalue weighted by Gasteiger charge is 2.22. The van der Waals surface area contributed by atoms with Crippen molar-refractivity contribution in [3.05, 3.63) is 133 Å². The van der Waals surface area contributed by atoms with Gasteiger partial charge in [0.25, 0.3) is 0 Å². The fraction of sp³-hybridized carbons (Fsp3) is 0. The lowest BCUT2D eigenvalue weighted by atomic mass is 9.59. The smallest absolute Gasteiger partial charge is 0.164 e. The second-order valence-electron chi connectivity index (χ2n) is 13.4. The summed E-state index contributed by atoms with van der Waals surface area (Å²) in [7, 11) is 31.5. The molecular weight excluding hydrogens is 669 g/mol. The molecule has 5 nitrogen and oxygen atoms in total. The van der Waals surface area contributed by atoms with Gasteiger partial charge in [0.1, 0.15) is 61.6 Å². The van der Waals surface area contributed by atoms with Crippen LogP contribution in [-0.4, -0.2) is 54.2 Å². The van der Waals surface area contributed by atoms with E-state index in [1.54, 1.807) is 0 Å². The molecule has 0 atom stereocenters. The van der Waals surface area contributed by atoms with Crippen molar-refractivity contribution in [1.29, 1.82) is 0 Å². The highest BCUT2D eigenvalue weighted by Crippen LogP contribution is 2.44. The summed E-state index contributed by atoms with van der Waals surface area (Å²) in [5.41, 5.74) is 9.49. The van der Waals surface area contributed by atoms with Gasteiger partial charge in [-0.2, -0.15) is 0 Å². The molecule has 55 heavy (non-hydrogen) atoms. The number of aromatic nitrogens is 3. The summed E-state index contributed by atoms with van der Waals surface area (Å²) in [6.45, 7) is 0. The Bertz CT molecular complexity index is 3150. The lowest BCUT2D eigenvalue weighted by Crippen LogP contribution is -2.55. The molecule has 10 heteroatoms. The van der Waals surface area contributed by atoms with E-state index in [1.807, 2.05) is 103 Å². The lowest BCUT2D eigenvalue weighted by molar-refractivity contribution is 0.668. The summed E-state index contributed by atoms with van der Waals surface area (Å²) in [6.07, 6.45) is 0. The summed E-state index contributed by atoms with van der Waals surface area (Å²) in [6, 6.07) is 43.8. The first-order valence-electron chi connectivity index (χ1n) is 17.6. The average Bonchev–Trinajstić information content (AvgIpc) is 3.81. The summed E-state index contributed by atoms with van der Waals surface area (Å²) < 4.78 is 13.0. The van der Waals surface area contributed by atoms with Crippen molar-refractivity contribution in [3.8, 4) is 56.4 Å². The predicted molar refractivity (Wildman–Crippen MR) is 229 cm³/mol. The second-order valence-corrected chi connectivity index (χ2v) is 13.4. The molecule has 0 spiro atoms. The van der Waals surface area contributed by atoms with Gasteiger partial charge in [-0.05, 0) is 41.0 Å². The molecule has 0 amide bonds. The van der Waals surface area contributed by atoms with Crippen molar-refractivity contribution >= 4 is 110 Å². The Labute approximate surface area is 322 Å². The van der Waals surface area contributed by atoms with Crippen molar-refractivity contribution < 1.29 is 8.83 Å². The molecule has 10 radical (unpaired) electrons. The maximum Gasteiger partial charge on any atom is 0.164 e. The molecule has 0 saturated heterocycles. The van der Waals surface area contributed by atoms with Crippen molar-refractivity contribution in [2.45, 2.75) is 0 Å². The van der Waals surface area contributed by atoms with Crippen molar-refractivity contribution in [2.75, 3.05) is 0 Å². The molecule has 0 aliphatic rings. The third kappa shape index (κ3) is 5.27. The van der Waals surface area contributed by atoms with E-state index in [9.17, 15) is 0 Å². The predicted octanol–water partition coefficient (Wildman–Crippen LogP) is 5.97. The minimum absolute atomic E-state index is 0.155. The highest BCUT2D eigenvalue weighted by molar-refractivity contribution is 6.68.